The van der Waals surface area contributed by atoms with Gasteiger partial charge in [0.15, 0.2) is 0 Å². The molecule has 0 unspecified atom stereocenters. The number of anilines is 1. The predicted octanol–water partition coefficient (Wildman–Crippen LogP) is 3.02. The smallest absolute Gasteiger partial charge is 0.227 e. The summed E-state index contributed by atoms with van der Waals surface area (Å²) in [6.07, 6.45) is 4.91. The number of carbonyl (C=O) groups is 1. The van der Waals surface area contributed by atoms with Crippen LogP contribution in [0.1, 0.15) is 44.1 Å². The molecule has 1 aliphatic carbocycles. The van der Waals surface area contributed by atoms with Crippen molar-refractivity contribution in [2.75, 3.05) is 5.32 Å². The molecule has 0 saturated heterocycles. The summed E-state index contributed by atoms with van der Waals surface area (Å²) in [4.78, 5) is 11.9. The van der Waals surface area contributed by atoms with Gasteiger partial charge >= 0.3 is 0 Å². The van der Waals surface area contributed by atoms with Crippen molar-refractivity contribution in [1.82, 2.24) is 0 Å². The molecule has 2 rings (SSSR count). The van der Waals surface area contributed by atoms with Crippen LogP contribution in [0.3, 0.4) is 0 Å². The van der Waals surface area contributed by atoms with E-state index in [2.05, 4.69) is 5.32 Å². The average Bonchev–Trinajstić information content (AvgIpc) is 2.32. The molecule has 0 heterocycles. The van der Waals surface area contributed by atoms with E-state index in [4.69, 9.17) is 0 Å². The minimum absolute atomic E-state index is 0.0942. The quantitative estimate of drug-likeness (QED) is 0.862. The fourth-order valence-electron chi connectivity index (χ4n) is 2.53. The number of hydrogen-bond acceptors (Lipinski definition) is 2. The lowest BCUT2D eigenvalue weighted by molar-refractivity contribution is -0.122. The second-order valence-corrected chi connectivity index (χ2v) is 5.38. The number of carbonyl (C=O) groups excluding carboxylic acids is 1. The largest absolute Gasteiger partial charge is 0.389 e. The maximum atomic E-state index is 11.9. The van der Waals surface area contributed by atoms with Crippen LogP contribution < -0.4 is 5.32 Å². The van der Waals surface area contributed by atoms with Crippen molar-refractivity contribution in [3.05, 3.63) is 29.8 Å². The van der Waals surface area contributed by atoms with Crippen molar-refractivity contribution < 1.29 is 9.90 Å². The lowest BCUT2D eigenvalue weighted by Gasteiger charge is -2.31. The Kier molecular flexibility index (Phi) is 4.02. The van der Waals surface area contributed by atoms with Crippen molar-refractivity contribution >= 4 is 11.6 Å². The Morgan fingerprint density at radius 1 is 1.22 bits per heavy atom. The summed E-state index contributed by atoms with van der Waals surface area (Å²) < 4.78 is 0. The van der Waals surface area contributed by atoms with Crippen molar-refractivity contribution in [3.8, 4) is 0 Å². The third kappa shape index (κ3) is 3.57. The highest BCUT2D eigenvalue weighted by Gasteiger charge is 2.31. The van der Waals surface area contributed by atoms with E-state index < -0.39 is 5.60 Å². The van der Waals surface area contributed by atoms with Crippen molar-refractivity contribution in [2.24, 2.45) is 0 Å². The van der Waals surface area contributed by atoms with E-state index in [1.165, 1.54) is 12.0 Å². The van der Waals surface area contributed by atoms with Crippen molar-refractivity contribution in [3.63, 3.8) is 0 Å². The molecule has 1 aromatic carbocycles. The maximum absolute atomic E-state index is 11.9. The van der Waals surface area contributed by atoms with Crippen molar-refractivity contribution in [2.45, 2.75) is 51.0 Å². The maximum Gasteiger partial charge on any atom is 0.227 e. The monoisotopic (exact) mass is 247 g/mol. The third-order valence-electron chi connectivity index (χ3n) is 3.61. The summed E-state index contributed by atoms with van der Waals surface area (Å²) in [5.41, 5.74) is 1.18. The van der Waals surface area contributed by atoms with Crippen molar-refractivity contribution in [1.29, 1.82) is 0 Å². The number of aliphatic hydroxyl groups is 1. The lowest BCUT2D eigenvalue weighted by Crippen LogP contribution is -2.35. The predicted molar refractivity (Wildman–Crippen MR) is 72.5 cm³/mol. The zero-order valence-electron chi connectivity index (χ0n) is 10.9. The van der Waals surface area contributed by atoms with Crippen LogP contribution in [0.25, 0.3) is 0 Å². The van der Waals surface area contributed by atoms with E-state index >= 15 is 0 Å². The highest BCUT2D eigenvalue weighted by Crippen LogP contribution is 2.31. The van der Waals surface area contributed by atoms with E-state index in [9.17, 15) is 9.90 Å². The number of nitrogens with one attached hydrogen (secondary N) is 1. The molecular weight excluding hydrogens is 226 g/mol. The summed E-state index contributed by atoms with van der Waals surface area (Å²) in [6, 6.07) is 7.70. The van der Waals surface area contributed by atoms with Crippen LogP contribution >= 0.6 is 0 Å². The number of amides is 1. The molecule has 1 fully saturated rings. The lowest BCUT2D eigenvalue weighted by atomic mass is 9.82. The summed E-state index contributed by atoms with van der Waals surface area (Å²) in [6.45, 7) is 2.01. The Balaban J connectivity index is 1.90. The highest BCUT2D eigenvalue weighted by molar-refractivity contribution is 5.91. The molecule has 0 spiro atoms. The van der Waals surface area contributed by atoms with Crippen LogP contribution in [0.4, 0.5) is 5.69 Å². The molecule has 0 aliphatic heterocycles. The van der Waals surface area contributed by atoms with Gasteiger partial charge in [-0.15, -0.1) is 0 Å². The molecule has 1 aliphatic rings. The fraction of sp³-hybridized carbons (Fsp3) is 0.533. The van der Waals surface area contributed by atoms with E-state index in [1.54, 1.807) is 0 Å². The van der Waals surface area contributed by atoms with Gasteiger partial charge in [-0.3, -0.25) is 4.79 Å². The van der Waals surface area contributed by atoms with Gasteiger partial charge in [0.2, 0.25) is 5.91 Å². The van der Waals surface area contributed by atoms with Crippen LogP contribution in [0, 0.1) is 6.92 Å². The Morgan fingerprint density at radius 3 is 2.44 bits per heavy atom. The first kappa shape index (κ1) is 13.1. The fourth-order valence-corrected chi connectivity index (χ4v) is 2.53. The van der Waals surface area contributed by atoms with Crippen LogP contribution in [-0.2, 0) is 4.79 Å². The summed E-state index contributed by atoms with van der Waals surface area (Å²) in [5, 5.41) is 13.1. The second kappa shape index (κ2) is 5.53. The minimum Gasteiger partial charge on any atom is -0.389 e. The van der Waals surface area contributed by atoms with E-state index in [-0.39, 0.29) is 12.3 Å². The zero-order chi connectivity index (χ0) is 13.0. The molecular formula is C15H21NO2. The first-order valence-electron chi connectivity index (χ1n) is 6.66. The van der Waals surface area contributed by atoms with Gasteiger partial charge in [0, 0.05) is 5.69 Å². The molecule has 0 radical (unpaired) electrons. The minimum atomic E-state index is -0.785. The van der Waals surface area contributed by atoms with Gasteiger partial charge in [-0.1, -0.05) is 37.0 Å². The molecule has 3 heteroatoms. The first-order chi connectivity index (χ1) is 8.57. The Labute approximate surface area is 108 Å². The molecule has 1 amide bonds. The van der Waals surface area contributed by atoms with E-state index in [1.807, 2.05) is 31.2 Å². The molecule has 2 N–H and O–H groups in total. The Morgan fingerprint density at radius 2 is 1.83 bits per heavy atom. The molecule has 0 bridgehead atoms. The van der Waals surface area contributed by atoms with Gasteiger partial charge in [0.1, 0.15) is 0 Å². The van der Waals surface area contributed by atoms with Crippen LogP contribution in [0.15, 0.2) is 24.3 Å². The topological polar surface area (TPSA) is 49.3 Å². The van der Waals surface area contributed by atoms with Gasteiger partial charge in [-0.05, 0) is 31.9 Å². The van der Waals surface area contributed by atoms with Crippen LogP contribution in [0.2, 0.25) is 0 Å². The normalized spacial score (nSPS) is 18.3. The van der Waals surface area contributed by atoms with Gasteiger partial charge in [-0.2, -0.15) is 0 Å². The summed E-state index contributed by atoms with van der Waals surface area (Å²) in [7, 11) is 0. The van der Waals surface area contributed by atoms with Gasteiger partial charge in [0.05, 0.1) is 12.0 Å². The SMILES string of the molecule is Cc1ccc(NC(=O)CC2(O)CCCCC2)cc1. The molecule has 0 atom stereocenters. The average molecular weight is 247 g/mol. The summed E-state index contributed by atoms with van der Waals surface area (Å²) in [5.74, 6) is -0.0942. The van der Waals surface area contributed by atoms with E-state index in [0.717, 1.165) is 31.4 Å². The van der Waals surface area contributed by atoms with Crippen LogP contribution in [-0.4, -0.2) is 16.6 Å². The van der Waals surface area contributed by atoms with Crippen LogP contribution in [0.5, 0.6) is 0 Å². The molecule has 0 aromatic heterocycles. The molecule has 18 heavy (non-hydrogen) atoms. The second-order valence-electron chi connectivity index (χ2n) is 5.38. The standard InChI is InChI=1S/C15H21NO2/c1-12-5-7-13(8-6-12)16-14(17)11-15(18)9-3-2-4-10-15/h5-8,18H,2-4,9-11H2,1H3,(H,16,17). The van der Waals surface area contributed by atoms with Gasteiger partial charge in [0.25, 0.3) is 0 Å². The molecule has 1 aromatic rings. The van der Waals surface area contributed by atoms with Gasteiger partial charge in [-0.25, -0.2) is 0 Å². The molecule has 98 valence electrons. The number of rotatable bonds is 3. The molecule has 1 saturated carbocycles. The highest BCUT2D eigenvalue weighted by atomic mass is 16.3. The summed E-state index contributed by atoms with van der Waals surface area (Å²) >= 11 is 0. The Bertz CT molecular complexity index is 405. The molecule has 3 nitrogen and oxygen atoms in total. The van der Waals surface area contributed by atoms with Gasteiger partial charge < -0.3 is 10.4 Å². The number of hydrogen-bond donors (Lipinski definition) is 2. The third-order valence-corrected chi connectivity index (χ3v) is 3.61. The number of benzene rings is 1. The first-order valence-corrected chi connectivity index (χ1v) is 6.66. The zero-order valence-corrected chi connectivity index (χ0v) is 10.9. The Hall–Kier alpha value is -1.35. The number of aryl methyl sites for hydroxylation is 1. The van der Waals surface area contributed by atoms with E-state index in [0.29, 0.717) is 0 Å².